The second kappa shape index (κ2) is 9.04. The van der Waals surface area contributed by atoms with Crippen LogP contribution in [0, 0.1) is 0 Å². The lowest BCUT2D eigenvalue weighted by molar-refractivity contribution is -0.128. The summed E-state index contributed by atoms with van der Waals surface area (Å²) in [6.07, 6.45) is 0. The van der Waals surface area contributed by atoms with Crippen LogP contribution in [-0.2, 0) is 4.79 Å². The number of amides is 2. The number of nitrogens with one attached hydrogen (secondary N) is 1. The molecule has 122 valence electrons. The fourth-order valence-corrected chi connectivity index (χ4v) is 1.90. The number of hydrogen-bond acceptors (Lipinski definition) is 4. The lowest BCUT2D eigenvalue weighted by Crippen LogP contribution is -2.40. The van der Waals surface area contributed by atoms with E-state index in [0.29, 0.717) is 30.9 Å². The van der Waals surface area contributed by atoms with Gasteiger partial charge in [-0.1, -0.05) is 0 Å². The van der Waals surface area contributed by atoms with Gasteiger partial charge in [0.1, 0.15) is 5.75 Å². The molecule has 6 nitrogen and oxygen atoms in total. The zero-order valence-electron chi connectivity index (χ0n) is 13.8. The van der Waals surface area contributed by atoms with Crippen molar-refractivity contribution < 1.29 is 14.3 Å². The summed E-state index contributed by atoms with van der Waals surface area (Å²) in [5.74, 6) is 0.572. The minimum Gasteiger partial charge on any atom is -0.497 e. The summed E-state index contributed by atoms with van der Waals surface area (Å²) in [6, 6.07) is 6.91. The summed E-state index contributed by atoms with van der Waals surface area (Å²) < 4.78 is 5.05. The van der Waals surface area contributed by atoms with Crippen molar-refractivity contribution in [3.05, 3.63) is 29.8 Å². The summed E-state index contributed by atoms with van der Waals surface area (Å²) in [6.45, 7) is 3.93. The molecule has 0 aliphatic rings. The molecular formula is C16H25N3O3. The molecule has 0 saturated heterocycles. The van der Waals surface area contributed by atoms with E-state index in [2.05, 4.69) is 5.32 Å². The highest BCUT2D eigenvalue weighted by molar-refractivity contribution is 5.94. The molecule has 0 atom stereocenters. The van der Waals surface area contributed by atoms with Gasteiger partial charge in [-0.3, -0.25) is 9.59 Å². The first kappa shape index (κ1) is 18.0. The van der Waals surface area contributed by atoms with Gasteiger partial charge in [0.25, 0.3) is 5.91 Å². The Morgan fingerprint density at radius 2 is 1.73 bits per heavy atom. The lowest BCUT2D eigenvalue weighted by Gasteiger charge is -2.23. The van der Waals surface area contributed by atoms with E-state index in [4.69, 9.17) is 4.74 Å². The predicted octanol–water partition coefficient (Wildman–Crippen LogP) is 0.835. The number of hydrogen-bond donors (Lipinski definition) is 1. The first-order valence-corrected chi connectivity index (χ1v) is 7.26. The van der Waals surface area contributed by atoms with E-state index in [1.54, 1.807) is 43.2 Å². The van der Waals surface area contributed by atoms with Crippen molar-refractivity contribution in [2.45, 2.75) is 6.92 Å². The molecular weight excluding hydrogens is 282 g/mol. The summed E-state index contributed by atoms with van der Waals surface area (Å²) in [4.78, 5) is 27.3. The molecule has 1 aromatic carbocycles. The molecule has 0 aliphatic carbocycles. The SMILES string of the molecule is COc1ccc(C(=O)NCCN(CCN(C)C)C(C)=O)cc1. The average molecular weight is 307 g/mol. The highest BCUT2D eigenvalue weighted by atomic mass is 16.5. The molecule has 0 aromatic heterocycles. The zero-order valence-corrected chi connectivity index (χ0v) is 13.8. The maximum absolute atomic E-state index is 12.0. The van der Waals surface area contributed by atoms with Crippen LogP contribution in [0.3, 0.4) is 0 Å². The molecule has 1 N–H and O–H groups in total. The fraction of sp³-hybridized carbons (Fsp3) is 0.500. The molecule has 0 bridgehead atoms. The van der Waals surface area contributed by atoms with Crippen molar-refractivity contribution in [3.8, 4) is 5.75 Å². The van der Waals surface area contributed by atoms with Crippen LogP contribution in [0.4, 0.5) is 0 Å². The standard InChI is InChI=1S/C16H25N3O3/c1-13(20)19(12-11-18(2)3)10-9-17-16(21)14-5-7-15(22-4)8-6-14/h5-8H,9-12H2,1-4H3,(H,17,21). The number of methoxy groups -OCH3 is 1. The largest absolute Gasteiger partial charge is 0.497 e. The maximum atomic E-state index is 12.0. The monoisotopic (exact) mass is 307 g/mol. The van der Waals surface area contributed by atoms with Gasteiger partial charge in [-0.25, -0.2) is 0 Å². The minimum atomic E-state index is -0.154. The van der Waals surface area contributed by atoms with Crippen molar-refractivity contribution in [1.29, 1.82) is 0 Å². The molecule has 0 heterocycles. The molecule has 0 fully saturated rings. The minimum absolute atomic E-state index is 0.0144. The molecule has 0 aliphatic heterocycles. The van der Waals surface area contributed by atoms with Gasteiger partial charge >= 0.3 is 0 Å². The number of carbonyl (C=O) groups excluding carboxylic acids is 2. The van der Waals surface area contributed by atoms with Crippen molar-refractivity contribution in [2.24, 2.45) is 0 Å². The van der Waals surface area contributed by atoms with Gasteiger partial charge in [-0.15, -0.1) is 0 Å². The van der Waals surface area contributed by atoms with Gasteiger partial charge in [0.05, 0.1) is 7.11 Å². The molecule has 0 spiro atoms. The van der Waals surface area contributed by atoms with Gasteiger partial charge in [-0.05, 0) is 38.4 Å². The first-order valence-electron chi connectivity index (χ1n) is 7.26. The van der Waals surface area contributed by atoms with Crippen molar-refractivity contribution >= 4 is 11.8 Å². The van der Waals surface area contributed by atoms with Gasteiger partial charge in [0.15, 0.2) is 0 Å². The Balaban J connectivity index is 2.43. The van der Waals surface area contributed by atoms with E-state index in [9.17, 15) is 9.59 Å². The quantitative estimate of drug-likeness (QED) is 0.773. The van der Waals surface area contributed by atoms with Crippen molar-refractivity contribution in [2.75, 3.05) is 47.4 Å². The number of carbonyl (C=O) groups is 2. The van der Waals surface area contributed by atoms with Crippen LogP contribution < -0.4 is 10.1 Å². The van der Waals surface area contributed by atoms with E-state index in [1.807, 2.05) is 19.0 Å². The Kier molecular flexibility index (Phi) is 7.39. The molecule has 2 amide bonds. The van der Waals surface area contributed by atoms with Gasteiger partial charge in [0.2, 0.25) is 5.91 Å². The van der Waals surface area contributed by atoms with E-state index in [0.717, 1.165) is 6.54 Å². The van der Waals surface area contributed by atoms with Crippen LogP contribution in [0.15, 0.2) is 24.3 Å². The number of ether oxygens (including phenoxy) is 1. The van der Waals surface area contributed by atoms with Crippen LogP contribution in [0.1, 0.15) is 17.3 Å². The molecule has 0 unspecified atom stereocenters. The average Bonchev–Trinajstić information content (AvgIpc) is 2.49. The third-order valence-electron chi connectivity index (χ3n) is 3.28. The Hall–Kier alpha value is -2.08. The highest BCUT2D eigenvalue weighted by Gasteiger charge is 2.10. The summed E-state index contributed by atoms with van der Waals surface area (Å²) in [5, 5.41) is 2.82. The van der Waals surface area contributed by atoms with E-state index >= 15 is 0 Å². The predicted molar refractivity (Wildman–Crippen MR) is 86.1 cm³/mol. The maximum Gasteiger partial charge on any atom is 0.251 e. The topological polar surface area (TPSA) is 61.9 Å². The van der Waals surface area contributed by atoms with Crippen LogP contribution >= 0.6 is 0 Å². The van der Waals surface area contributed by atoms with Crippen molar-refractivity contribution in [1.82, 2.24) is 15.1 Å². The molecule has 0 saturated carbocycles. The number of benzene rings is 1. The van der Waals surface area contributed by atoms with E-state index < -0.39 is 0 Å². The number of rotatable bonds is 8. The Bertz CT molecular complexity index is 486. The first-order chi connectivity index (χ1) is 10.4. The van der Waals surface area contributed by atoms with Gasteiger partial charge < -0.3 is 19.9 Å². The molecule has 1 aromatic rings. The number of nitrogens with zero attached hydrogens (tertiary/aromatic N) is 2. The number of likely N-dealkylation sites (N-methyl/N-ethyl adjacent to an activating group) is 1. The highest BCUT2D eigenvalue weighted by Crippen LogP contribution is 2.10. The summed E-state index contributed by atoms with van der Waals surface area (Å²) in [7, 11) is 5.51. The van der Waals surface area contributed by atoms with Crippen LogP contribution in [0.5, 0.6) is 5.75 Å². The Morgan fingerprint density at radius 1 is 1.09 bits per heavy atom. The third-order valence-corrected chi connectivity index (χ3v) is 3.28. The molecule has 1 rings (SSSR count). The van der Waals surface area contributed by atoms with Crippen LogP contribution in [-0.4, -0.2) is 69.0 Å². The normalized spacial score (nSPS) is 10.4. The lowest BCUT2D eigenvalue weighted by atomic mass is 10.2. The third kappa shape index (κ3) is 6.13. The Labute approximate surface area is 132 Å². The fourth-order valence-electron chi connectivity index (χ4n) is 1.90. The molecule has 0 radical (unpaired) electrons. The van der Waals surface area contributed by atoms with E-state index in [-0.39, 0.29) is 11.8 Å². The van der Waals surface area contributed by atoms with E-state index in [1.165, 1.54) is 0 Å². The second-order valence-corrected chi connectivity index (χ2v) is 5.29. The second-order valence-electron chi connectivity index (χ2n) is 5.29. The van der Waals surface area contributed by atoms with Gasteiger partial charge in [0, 0.05) is 38.7 Å². The zero-order chi connectivity index (χ0) is 16.5. The van der Waals surface area contributed by atoms with Crippen molar-refractivity contribution in [3.63, 3.8) is 0 Å². The Morgan fingerprint density at radius 3 is 2.23 bits per heavy atom. The molecule has 6 heteroatoms. The van der Waals surface area contributed by atoms with Gasteiger partial charge in [-0.2, -0.15) is 0 Å². The summed E-state index contributed by atoms with van der Waals surface area (Å²) >= 11 is 0. The van der Waals surface area contributed by atoms with Crippen LogP contribution in [0.25, 0.3) is 0 Å². The molecule has 22 heavy (non-hydrogen) atoms. The van der Waals surface area contributed by atoms with Crippen LogP contribution in [0.2, 0.25) is 0 Å². The smallest absolute Gasteiger partial charge is 0.251 e. The summed E-state index contributed by atoms with van der Waals surface area (Å²) in [5.41, 5.74) is 0.573.